The van der Waals surface area contributed by atoms with Crippen molar-refractivity contribution in [2.75, 3.05) is 0 Å². The van der Waals surface area contributed by atoms with Gasteiger partial charge in [0.05, 0.1) is 5.56 Å². The van der Waals surface area contributed by atoms with Crippen LogP contribution < -0.4 is 10.5 Å². The maximum absolute atomic E-state index is 12.5. The number of primary amides is 1. The van der Waals surface area contributed by atoms with E-state index in [9.17, 15) is 18.0 Å². The molecule has 3 aromatic rings. The number of amides is 1. The number of alkyl halides is 3. The molecule has 1 heterocycles. The number of carbonyl (C=O) groups is 1. The zero-order chi connectivity index (χ0) is 18.0. The van der Waals surface area contributed by atoms with Crippen molar-refractivity contribution in [3.8, 4) is 5.75 Å². The van der Waals surface area contributed by atoms with Crippen molar-refractivity contribution in [3.05, 3.63) is 71.5 Å². The number of nitrogens with zero attached hydrogens (tertiary/aromatic N) is 1. The lowest BCUT2D eigenvalue weighted by atomic mass is 10.1. The molecule has 7 heteroatoms. The van der Waals surface area contributed by atoms with Gasteiger partial charge in [-0.3, -0.25) is 9.78 Å². The monoisotopic (exact) mass is 346 g/mol. The number of nitrogens with two attached hydrogens (primary N) is 1. The molecule has 0 fully saturated rings. The summed E-state index contributed by atoms with van der Waals surface area (Å²) in [5.41, 5.74) is 5.28. The van der Waals surface area contributed by atoms with Crippen LogP contribution in [0.25, 0.3) is 10.8 Å². The number of hydrogen-bond acceptors (Lipinski definition) is 3. The molecule has 0 aliphatic carbocycles. The summed E-state index contributed by atoms with van der Waals surface area (Å²) in [7, 11) is 0. The standard InChI is InChI=1S/C18H13F3N2O2/c19-18(20,21)14-4-1-11(2-5-14)10-25-15-6-3-12-8-16(17(22)24)23-9-13(12)7-15/h1-9H,10H2,(H2,22,24). The van der Waals surface area contributed by atoms with Crippen molar-refractivity contribution in [1.29, 1.82) is 0 Å². The number of rotatable bonds is 4. The normalized spacial score (nSPS) is 11.5. The maximum Gasteiger partial charge on any atom is 0.416 e. The second-order valence-electron chi connectivity index (χ2n) is 5.43. The lowest BCUT2D eigenvalue weighted by Crippen LogP contribution is -2.12. The largest absolute Gasteiger partial charge is 0.489 e. The summed E-state index contributed by atoms with van der Waals surface area (Å²) in [4.78, 5) is 15.1. The first kappa shape index (κ1) is 16.8. The Morgan fingerprint density at radius 3 is 2.40 bits per heavy atom. The SMILES string of the molecule is NC(=O)c1cc2ccc(OCc3ccc(C(F)(F)F)cc3)cc2cn1. The Kier molecular flexibility index (Phi) is 4.31. The van der Waals surface area contributed by atoms with Crippen LogP contribution in [0.15, 0.2) is 54.7 Å². The Bertz CT molecular complexity index is 922. The molecule has 0 saturated heterocycles. The van der Waals surface area contributed by atoms with Crippen molar-refractivity contribution in [2.45, 2.75) is 12.8 Å². The molecule has 4 nitrogen and oxygen atoms in total. The van der Waals surface area contributed by atoms with E-state index in [1.807, 2.05) is 0 Å². The topological polar surface area (TPSA) is 65.2 Å². The zero-order valence-electron chi connectivity index (χ0n) is 12.9. The van der Waals surface area contributed by atoms with Crippen molar-refractivity contribution >= 4 is 16.7 Å². The van der Waals surface area contributed by atoms with Gasteiger partial charge >= 0.3 is 6.18 Å². The number of hydrogen-bond donors (Lipinski definition) is 1. The van der Waals surface area contributed by atoms with Gasteiger partial charge in [0.1, 0.15) is 18.1 Å². The van der Waals surface area contributed by atoms with E-state index < -0.39 is 17.6 Å². The van der Waals surface area contributed by atoms with Crippen molar-refractivity contribution < 1.29 is 22.7 Å². The summed E-state index contributed by atoms with van der Waals surface area (Å²) < 4.78 is 43.2. The minimum absolute atomic E-state index is 0.135. The Hall–Kier alpha value is -3.09. The molecule has 0 unspecified atom stereocenters. The highest BCUT2D eigenvalue weighted by Crippen LogP contribution is 2.29. The smallest absolute Gasteiger partial charge is 0.416 e. The number of pyridine rings is 1. The Balaban J connectivity index is 1.73. The fourth-order valence-electron chi connectivity index (χ4n) is 2.30. The minimum atomic E-state index is -4.35. The molecule has 0 radical (unpaired) electrons. The average Bonchev–Trinajstić information content (AvgIpc) is 2.59. The molecule has 1 aromatic heterocycles. The molecule has 0 saturated carbocycles. The van der Waals surface area contributed by atoms with Gasteiger partial charge < -0.3 is 10.5 Å². The van der Waals surface area contributed by atoms with E-state index in [2.05, 4.69) is 4.98 Å². The minimum Gasteiger partial charge on any atom is -0.489 e. The van der Waals surface area contributed by atoms with Crippen LogP contribution in [0.3, 0.4) is 0 Å². The first-order valence-electron chi connectivity index (χ1n) is 7.31. The van der Waals surface area contributed by atoms with Gasteiger partial charge in [-0.05, 0) is 41.3 Å². The summed E-state index contributed by atoms with van der Waals surface area (Å²) in [6.45, 7) is 0.135. The molecule has 0 aliphatic rings. The van der Waals surface area contributed by atoms with Crippen LogP contribution in [0.1, 0.15) is 21.6 Å². The highest BCUT2D eigenvalue weighted by molar-refractivity contribution is 5.95. The molecular weight excluding hydrogens is 333 g/mol. The first-order valence-corrected chi connectivity index (χ1v) is 7.31. The van der Waals surface area contributed by atoms with E-state index in [0.717, 1.165) is 22.9 Å². The molecule has 3 rings (SSSR count). The Morgan fingerprint density at radius 1 is 1.04 bits per heavy atom. The van der Waals surface area contributed by atoms with E-state index in [-0.39, 0.29) is 12.3 Å². The van der Waals surface area contributed by atoms with Crippen LogP contribution >= 0.6 is 0 Å². The summed E-state index contributed by atoms with van der Waals surface area (Å²) in [6.07, 6.45) is -2.84. The van der Waals surface area contributed by atoms with Crippen LogP contribution in [-0.2, 0) is 12.8 Å². The third-order valence-corrected chi connectivity index (χ3v) is 3.63. The predicted octanol–water partition coefficient (Wildman–Crippen LogP) is 3.93. The third-order valence-electron chi connectivity index (χ3n) is 3.63. The highest BCUT2D eigenvalue weighted by Gasteiger charge is 2.29. The van der Waals surface area contributed by atoms with Gasteiger partial charge in [0, 0.05) is 11.6 Å². The number of ether oxygens (including phenoxy) is 1. The molecule has 128 valence electrons. The molecule has 2 N–H and O–H groups in total. The summed E-state index contributed by atoms with van der Waals surface area (Å²) in [6, 6.07) is 11.6. The van der Waals surface area contributed by atoms with Gasteiger partial charge in [-0.1, -0.05) is 18.2 Å². The van der Waals surface area contributed by atoms with Crippen LogP contribution in [0.4, 0.5) is 13.2 Å². The maximum atomic E-state index is 12.5. The number of halogens is 3. The molecule has 0 atom stereocenters. The number of aromatic nitrogens is 1. The quantitative estimate of drug-likeness (QED) is 0.778. The number of carbonyl (C=O) groups excluding carboxylic acids is 1. The average molecular weight is 346 g/mol. The second-order valence-corrected chi connectivity index (χ2v) is 5.43. The molecule has 0 bridgehead atoms. The van der Waals surface area contributed by atoms with Crippen LogP contribution in [-0.4, -0.2) is 10.9 Å². The van der Waals surface area contributed by atoms with Crippen LogP contribution in [0.2, 0.25) is 0 Å². The second kappa shape index (κ2) is 6.43. The first-order chi connectivity index (χ1) is 11.8. The highest BCUT2D eigenvalue weighted by atomic mass is 19.4. The van der Waals surface area contributed by atoms with Crippen LogP contribution in [0, 0.1) is 0 Å². The molecule has 25 heavy (non-hydrogen) atoms. The Morgan fingerprint density at radius 2 is 1.76 bits per heavy atom. The van der Waals surface area contributed by atoms with Crippen molar-refractivity contribution in [3.63, 3.8) is 0 Å². The summed E-state index contributed by atoms with van der Waals surface area (Å²) in [5.74, 6) is -0.0643. The molecule has 0 spiro atoms. The lowest BCUT2D eigenvalue weighted by Gasteiger charge is -2.10. The van der Waals surface area contributed by atoms with Gasteiger partial charge in [-0.15, -0.1) is 0 Å². The van der Waals surface area contributed by atoms with Gasteiger partial charge in [-0.2, -0.15) is 13.2 Å². The van der Waals surface area contributed by atoms with E-state index in [1.165, 1.54) is 18.3 Å². The molecule has 0 aliphatic heterocycles. The fourth-order valence-corrected chi connectivity index (χ4v) is 2.30. The van der Waals surface area contributed by atoms with Crippen molar-refractivity contribution in [2.24, 2.45) is 5.73 Å². The van der Waals surface area contributed by atoms with Crippen LogP contribution in [0.5, 0.6) is 5.75 Å². The van der Waals surface area contributed by atoms with E-state index in [1.54, 1.807) is 24.3 Å². The third kappa shape index (κ3) is 3.88. The van der Waals surface area contributed by atoms with Gasteiger partial charge in [-0.25, -0.2) is 0 Å². The Labute approximate surface area is 141 Å². The number of fused-ring (bicyclic) bond motifs is 1. The van der Waals surface area contributed by atoms with Gasteiger partial charge in [0.15, 0.2) is 0 Å². The van der Waals surface area contributed by atoms with Crippen molar-refractivity contribution in [1.82, 2.24) is 4.98 Å². The molecular formula is C18H13F3N2O2. The number of benzene rings is 2. The van der Waals surface area contributed by atoms with E-state index >= 15 is 0 Å². The fraction of sp³-hybridized carbons (Fsp3) is 0.111. The van der Waals surface area contributed by atoms with Gasteiger partial charge in [0.2, 0.25) is 0 Å². The summed E-state index contributed by atoms with van der Waals surface area (Å²) in [5, 5.41) is 1.54. The molecule has 1 amide bonds. The zero-order valence-corrected chi connectivity index (χ0v) is 12.9. The van der Waals surface area contributed by atoms with E-state index in [4.69, 9.17) is 10.5 Å². The van der Waals surface area contributed by atoms with Gasteiger partial charge in [0.25, 0.3) is 5.91 Å². The van der Waals surface area contributed by atoms with E-state index in [0.29, 0.717) is 11.3 Å². The molecule has 2 aromatic carbocycles. The lowest BCUT2D eigenvalue weighted by molar-refractivity contribution is -0.137. The predicted molar refractivity (Wildman–Crippen MR) is 86.0 cm³/mol. The summed E-state index contributed by atoms with van der Waals surface area (Å²) >= 11 is 0.